The number of benzene rings is 1. The highest BCUT2D eigenvalue weighted by molar-refractivity contribution is 5.62. The SMILES string of the molecule is [2H]c1c([2H])c2c3c(c1OC([2H])([2H])[2H])OC1C(O)C=C[C@@]4([2H])[C@H](N(C)CC[C@]314)C2([2H])[2H]. The molecule has 4 nitrogen and oxygen atoms in total. The summed E-state index contributed by atoms with van der Waals surface area (Å²) in [6, 6.07) is -2.04. The van der Waals surface area contributed by atoms with E-state index in [4.69, 9.17) is 19.1 Å². The van der Waals surface area contributed by atoms with E-state index in [0.29, 0.717) is 13.0 Å². The number of nitrogens with zero attached hydrogens (tertiary/aromatic N) is 1. The highest BCUT2D eigenvalue weighted by Crippen LogP contribution is 2.62. The number of ether oxygens (including phenoxy) is 2. The molecule has 4 heteroatoms. The molecule has 0 aromatic heterocycles. The first kappa shape index (κ1) is 7.37. The molecule has 0 saturated carbocycles. The van der Waals surface area contributed by atoms with Crippen LogP contribution in [0.3, 0.4) is 0 Å². The molecule has 2 aliphatic carbocycles. The van der Waals surface area contributed by atoms with Crippen molar-refractivity contribution < 1.29 is 25.5 Å². The van der Waals surface area contributed by atoms with Crippen LogP contribution in [0.5, 0.6) is 11.5 Å². The van der Waals surface area contributed by atoms with Gasteiger partial charge in [-0.2, -0.15) is 0 Å². The smallest absolute Gasteiger partial charge is 0.165 e. The molecule has 116 valence electrons. The number of aliphatic hydroxyl groups excluding tert-OH is 1. The molecule has 4 aliphatic rings. The number of rotatable bonds is 1. The third kappa shape index (κ3) is 1.28. The number of likely N-dealkylation sites (N-methyl/N-ethyl adjacent to an activating group) is 1. The molecule has 2 bridgehead atoms. The number of hydrogen-bond donors (Lipinski definition) is 1. The van der Waals surface area contributed by atoms with E-state index in [1.165, 1.54) is 12.2 Å². The van der Waals surface area contributed by atoms with Crippen molar-refractivity contribution in [1.82, 2.24) is 4.90 Å². The molecule has 0 radical (unpaired) electrons. The fourth-order valence-corrected chi connectivity index (χ4v) is 4.47. The zero-order valence-electron chi connectivity index (χ0n) is 20.0. The van der Waals surface area contributed by atoms with Crippen LogP contribution in [0.4, 0.5) is 0 Å². The van der Waals surface area contributed by atoms with Crippen molar-refractivity contribution in [3.63, 3.8) is 0 Å². The molecule has 5 rings (SSSR count). The van der Waals surface area contributed by atoms with E-state index in [1.54, 1.807) is 11.9 Å². The molecule has 5 atom stereocenters. The van der Waals surface area contributed by atoms with Gasteiger partial charge in [0, 0.05) is 27.0 Å². The Morgan fingerprint density at radius 2 is 2.50 bits per heavy atom. The van der Waals surface area contributed by atoms with Gasteiger partial charge in [0.15, 0.2) is 11.5 Å². The average molecular weight is 307 g/mol. The summed E-state index contributed by atoms with van der Waals surface area (Å²) in [7, 11) is -1.20. The summed E-state index contributed by atoms with van der Waals surface area (Å²) < 4.78 is 77.6. The lowest BCUT2D eigenvalue weighted by Crippen LogP contribution is -2.64. The van der Waals surface area contributed by atoms with Crippen LogP contribution in [0.15, 0.2) is 24.2 Å². The normalized spacial score (nSPS) is 52.5. The second-order valence-corrected chi connectivity index (χ2v) is 6.35. The van der Waals surface area contributed by atoms with Crippen molar-refractivity contribution in [2.24, 2.45) is 5.89 Å². The molecule has 1 fully saturated rings. The Kier molecular flexibility index (Phi) is 1.36. The van der Waals surface area contributed by atoms with E-state index in [0.717, 1.165) is 0 Å². The number of likely N-dealkylation sites (tertiary alicyclic amines) is 1. The zero-order valence-corrected chi connectivity index (χ0v) is 12.0. The second kappa shape index (κ2) is 4.06. The number of hydrogen-bond acceptors (Lipinski definition) is 4. The summed E-state index contributed by atoms with van der Waals surface area (Å²) in [4.78, 5) is 1.74. The third-order valence-corrected chi connectivity index (χ3v) is 5.44. The number of methoxy groups -OCH3 is 1. The molecule has 1 aromatic carbocycles. The van der Waals surface area contributed by atoms with Crippen LogP contribution < -0.4 is 9.47 Å². The van der Waals surface area contributed by atoms with Gasteiger partial charge in [0.25, 0.3) is 0 Å². The van der Waals surface area contributed by atoms with Crippen LogP contribution in [-0.2, 0) is 11.8 Å². The summed E-state index contributed by atoms with van der Waals surface area (Å²) in [5.41, 5.74) is -1.07. The van der Waals surface area contributed by atoms with E-state index >= 15 is 0 Å². The Morgan fingerprint density at radius 1 is 1.59 bits per heavy atom. The fourth-order valence-electron chi connectivity index (χ4n) is 4.47. The molecule has 1 spiro atoms. The highest BCUT2D eigenvalue weighted by atomic mass is 16.5. The lowest BCUT2D eigenvalue weighted by molar-refractivity contribution is -0.0453. The Balaban J connectivity index is 1.93. The maximum Gasteiger partial charge on any atom is 0.165 e. The predicted octanol–water partition coefficient (Wildman–Crippen LogP) is 1.50. The second-order valence-electron chi connectivity index (χ2n) is 6.35. The Hall–Kier alpha value is -1.52. The standard InChI is InChI=1S/C18H21NO3/c1-19-8-7-18-11-4-5-13(20)17(18)22-16-14(21-2)6-3-10(15(16)18)9-12(11)19/h3-6,11-13,17,20H,7-9H2,1-2H3/t11-,12+,13?,17?,18-/m0/s1/i2D3,3D,6D,9D2,11D. The molecule has 1 saturated heterocycles. The fraction of sp³-hybridized carbons (Fsp3) is 0.556. The lowest BCUT2D eigenvalue weighted by atomic mass is 9.53. The molecule has 2 heterocycles. The van der Waals surface area contributed by atoms with Crippen molar-refractivity contribution in [1.29, 1.82) is 0 Å². The first-order valence-electron chi connectivity index (χ1n) is 11.4. The van der Waals surface area contributed by atoms with Crippen LogP contribution in [0.25, 0.3) is 0 Å². The Morgan fingerprint density at radius 3 is 3.36 bits per heavy atom. The maximum atomic E-state index is 10.7. The molecular formula is C18H21NO3. The molecular weight excluding hydrogens is 278 g/mol. The van der Waals surface area contributed by atoms with E-state index in [9.17, 15) is 6.48 Å². The topological polar surface area (TPSA) is 41.9 Å². The largest absolute Gasteiger partial charge is 0.493 e. The van der Waals surface area contributed by atoms with Gasteiger partial charge in [-0.1, -0.05) is 18.2 Å². The van der Waals surface area contributed by atoms with Crippen molar-refractivity contribution >= 4 is 0 Å². The van der Waals surface area contributed by atoms with E-state index in [-0.39, 0.29) is 16.9 Å². The van der Waals surface area contributed by atoms with Crippen LogP contribution >= 0.6 is 0 Å². The Labute approximate surface area is 141 Å². The number of aliphatic hydroxyl groups is 1. The van der Waals surface area contributed by atoms with Gasteiger partial charge in [-0.05, 0) is 38.0 Å². The predicted molar refractivity (Wildman–Crippen MR) is 82.5 cm³/mol. The van der Waals surface area contributed by atoms with Crippen molar-refractivity contribution in [3.8, 4) is 11.5 Å². The summed E-state index contributed by atoms with van der Waals surface area (Å²) in [5.74, 6) is -2.14. The van der Waals surface area contributed by atoms with Gasteiger partial charge in [0.1, 0.15) is 12.2 Å². The molecule has 22 heavy (non-hydrogen) atoms. The van der Waals surface area contributed by atoms with Crippen molar-refractivity contribution in [2.75, 3.05) is 20.6 Å². The van der Waals surface area contributed by atoms with Gasteiger partial charge >= 0.3 is 0 Å². The molecule has 2 aliphatic heterocycles. The van der Waals surface area contributed by atoms with Gasteiger partial charge < -0.3 is 19.5 Å². The van der Waals surface area contributed by atoms with Crippen LogP contribution in [0.1, 0.15) is 28.5 Å². The summed E-state index contributed by atoms with van der Waals surface area (Å²) in [6.45, 7) is 0.426. The minimum Gasteiger partial charge on any atom is -0.493 e. The van der Waals surface area contributed by atoms with Crippen LogP contribution in [0, 0.1) is 5.89 Å². The quantitative estimate of drug-likeness (QED) is 0.799. The van der Waals surface area contributed by atoms with Gasteiger partial charge in [-0.25, -0.2) is 0 Å². The maximum absolute atomic E-state index is 10.7. The minimum atomic E-state index is -2.92. The number of piperidine rings is 1. The van der Waals surface area contributed by atoms with Gasteiger partial charge in [0.2, 0.25) is 0 Å². The lowest BCUT2D eigenvalue weighted by Gasteiger charge is -2.56. The zero-order chi connectivity index (χ0) is 22.0. The first-order chi connectivity index (χ1) is 13.8. The molecule has 1 N–H and O–H groups in total. The average Bonchev–Trinajstić information content (AvgIpc) is 2.95. The minimum absolute atomic E-state index is 0.0789. The Bertz CT molecular complexity index is 995. The van der Waals surface area contributed by atoms with Crippen molar-refractivity contribution in [2.45, 2.75) is 36.5 Å². The van der Waals surface area contributed by atoms with Gasteiger partial charge in [-0.15, -0.1) is 0 Å². The van der Waals surface area contributed by atoms with Gasteiger partial charge in [-0.3, -0.25) is 0 Å². The summed E-state index contributed by atoms with van der Waals surface area (Å²) >= 11 is 0. The van der Waals surface area contributed by atoms with E-state index in [1.807, 2.05) is 0 Å². The first-order valence-corrected chi connectivity index (χ1v) is 7.39. The molecule has 2 unspecified atom stereocenters. The highest BCUT2D eigenvalue weighted by Gasteiger charge is 2.64. The molecule has 0 amide bonds. The van der Waals surface area contributed by atoms with Crippen molar-refractivity contribution in [3.05, 3.63) is 35.4 Å². The van der Waals surface area contributed by atoms with Gasteiger partial charge in [0.05, 0.1) is 13.9 Å². The summed E-state index contributed by atoms with van der Waals surface area (Å²) in [5, 5.41) is 10.7. The van der Waals surface area contributed by atoms with Crippen LogP contribution in [-0.4, -0.2) is 48.9 Å². The van der Waals surface area contributed by atoms with E-state index < -0.39 is 60.8 Å². The monoisotopic (exact) mass is 307 g/mol. The van der Waals surface area contributed by atoms with E-state index in [2.05, 4.69) is 0 Å². The van der Waals surface area contributed by atoms with Crippen LogP contribution in [0.2, 0.25) is 0 Å². The summed E-state index contributed by atoms with van der Waals surface area (Å²) in [6.07, 6.45) is -1.00. The third-order valence-electron chi connectivity index (χ3n) is 5.44. The molecule has 1 aromatic rings.